The maximum atomic E-state index is 13.3. The molecule has 0 aromatic rings. The quantitative estimate of drug-likeness (QED) is 0.123. The van der Waals surface area contributed by atoms with E-state index in [1.165, 1.54) is 12.2 Å². The monoisotopic (exact) mass is 554 g/mol. The molecule has 0 amide bonds. The molecule has 34 heavy (non-hydrogen) atoms. The highest BCUT2D eigenvalue weighted by molar-refractivity contribution is 6.37. The average molecular weight is 556 g/mol. The van der Waals surface area contributed by atoms with Crippen molar-refractivity contribution < 1.29 is 29.0 Å². The summed E-state index contributed by atoms with van der Waals surface area (Å²) in [6.07, 6.45) is 7.44. The molecule has 2 aliphatic rings. The lowest BCUT2D eigenvalue weighted by Crippen LogP contribution is -2.57. The Morgan fingerprint density at radius 3 is 1.38 bits per heavy atom. The van der Waals surface area contributed by atoms with E-state index in [4.69, 9.17) is 56.2 Å². The van der Waals surface area contributed by atoms with E-state index in [0.29, 0.717) is 25.7 Å². The Kier molecular flexibility index (Phi) is 9.34. The first-order chi connectivity index (χ1) is 15.7. The lowest BCUT2D eigenvalue weighted by atomic mass is 9.69. The van der Waals surface area contributed by atoms with Crippen molar-refractivity contribution in [1.29, 1.82) is 0 Å². The van der Waals surface area contributed by atoms with Gasteiger partial charge in [0.25, 0.3) is 0 Å². The molecule has 6 atom stereocenters. The summed E-state index contributed by atoms with van der Waals surface area (Å²) in [5.74, 6) is -3.42. The van der Waals surface area contributed by atoms with Gasteiger partial charge in [-0.25, -0.2) is 19.4 Å². The Balaban J connectivity index is 2.40. The van der Waals surface area contributed by atoms with Crippen LogP contribution in [-0.2, 0) is 29.0 Å². The second-order valence-corrected chi connectivity index (χ2v) is 11.9. The molecule has 2 aliphatic carbocycles. The fourth-order valence-electron chi connectivity index (χ4n) is 4.40. The van der Waals surface area contributed by atoms with Crippen LogP contribution in [0.3, 0.4) is 0 Å². The third-order valence-corrected chi connectivity index (χ3v) is 9.02. The van der Waals surface area contributed by atoms with E-state index in [9.17, 15) is 19.2 Å². The Bertz CT molecular complexity index is 824. The molecular formula is C24H30Cl4O6. The van der Waals surface area contributed by atoms with Crippen molar-refractivity contribution in [2.75, 3.05) is 0 Å². The minimum absolute atomic E-state index is 0.0274. The molecule has 6 nitrogen and oxygen atoms in total. The Morgan fingerprint density at radius 2 is 1.09 bits per heavy atom. The fraction of sp³-hybridized carbons (Fsp3) is 0.667. The number of hydrogen-bond acceptors (Lipinski definition) is 6. The summed E-state index contributed by atoms with van der Waals surface area (Å²) in [4.78, 5) is 60.2. The number of halogens is 4. The summed E-state index contributed by atoms with van der Waals surface area (Å²) in [7, 11) is 0. The van der Waals surface area contributed by atoms with Gasteiger partial charge < -0.3 is 0 Å². The summed E-state index contributed by atoms with van der Waals surface area (Å²) in [6.45, 7) is 6.76. The average Bonchev–Trinajstić information content (AvgIpc) is 2.76. The molecular weight excluding hydrogens is 526 g/mol. The zero-order valence-electron chi connectivity index (χ0n) is 19.7. The van der Waals surface area contributed by atoms with E-state index in [2.05, 4.69) is 0 Å². The summed E-state index contributed by atoms with van der Waals surface area (Å²) in [6, 6.07) is 0. The van der Waals surface area contributed by atoms with Crippen LogP contribution in [0.1, 0.15) is 66.2 Å². The van der Waals surface area contributed by atoms with Gasteiger partial charge in [0, 0.05) is 12.8 Å². The molecule has 0 heterocycles. The topological polar surface area (TPSA) is 86.7 Å². The predicted octanol–water partition coefficient (Wildman–Crippen LogP) is 5.83. The number of carbonyl (C=O) groups is 4. The Morgan fingerprint density at radius 1 is 0.765 bits per heavy atom. The standard InChI is InChI=1S/C24H30Cl4O6/c1-5-9-15(29)23(13-7-11-21(3,27)17(23)25)19(31)33-34-20(32)24(16(30)10-6-2)14-8-12-22(4,28)18(24)26/h7-8,13-14,17-18H,5-6,9-12H2,1-4H3. The molecule has 0 radical (unpaired) electrons. The van der Waals surface area contributed by atoms with E-state index < -0.39 is 54.8 Å². The van der Waals surface area contributed by atoms with Crippen molar-refractivity contribution in [3.05, 3.63) is 24.3 Å². The first-order valence-corrected chi connectivity index (χ1v) is 12.9. The number of hydrogen-bond donors (Lipinski definition) is 0. The van der Waals surface area contributed by atoms with Gasteiger partial charge in [-0.3, -0.25) is 9.59 Å². The van der Waals surface area contributed by atoms with Crippen molar-refractivity contribution in [2.24, 2.45) is 10.8 Å². The predicted molar refractivity (Wildman–Crippen MR) is 132 cm³/mol. The molecule has 0 bridgehead atoms. The third kappa shape index (κ3) is 5.07. The smallest absolute Gasteiger partial charge is 0.298 e. The summed E-state index contributed by atoms with van der Waals surface area (Å²) < 4.78 is 0. The van der Waals surface area contributed by atoms with Gasteiger partial charge in [0.05, 0.1) is 20.5 Å². The van der Waals surface area contributed by atoms with Crippen LogP contribution in [0.25, 0.3) is 0 Å². The van der Waals surface area contributed by atoms with Gasteiger partial charge in [0.1, 0.15) is 0 Å². The molecule has 0 fully saturated rings. The number of ketones is 2. The molecule has 0 aromatic carbocycles. The lowest BCUT2D eigenvalue weighted by Gasteiger charge is -2.42. The summed E-state index contributed by atoms with van der Waals surface area (Å²) in [5, 5.41) is -2.34. The van der Waals surface area contributed by atoms with Gasteiger partial charge in [-0.05, 0) is 39.5 Å². The van der Waals surface area contributed by atoms with Crippen LogP contribution >= 0.6 is 46.4 Å². The van der Waals surface area contributed by atoms with Gasteiger partial charge in [-0.15, -0.1) is 46.4 Å². The van der Waals surface area contributed by atoms with E-state index in [1.54, 1.807) is 39.8 Å². The van der Waals surface area contributed by atoms with Crippen LogP contribution in [-0.4, -0.2) is 44.0 Å². The van der Waals surface area contributed by atoms with Crippen molar-refractivity contribution in [1.82, 2.24) is 0 Å². The highest BCUT2D eigenvalue weighted by Gasteiger charge is 2.61. The van der Waals surface area contributed by atoms with Crippen LogP contribution in [0, 0.1) is 10.8 Å². The summed E-state index contributed by atoms with van der Waals surface area (Å²) >= 11 is 26.1. The largest absolute Gasteiger partial charge is 0.374 e. The highest BCUT2D eigenvalue weighted by Crippen LogP contribution is 2.49. The van der Waals surface area contributed by atoms with Gasteiger partial charge >= 0.3 is 11.9 Å². The third-order valence-electron chi connectivity index (χ3n) is 6.40. The molecule has 2 rings (SSSR count). The SMILES string of the molecule is CCCC(=O)C1(C(=O)OOC(=O)C2(C(=O)CCC)C=CCC(C)(Cl)C2Cl)C=CCC(C)(Cl)C1Cl. The van der Waals surface area contributed by atoms with Crippen molar-refractivity contribution >= 4 is 69.9 Å². The minimum atomic E-state index is -1.96. The lowest BCUT2D eigenvalue weighted by molar-refractivity contribution is -0.269. The number of carbonyl (C=O) groups excluding carboxylic acids is 4. The molecule has 0 spiro atoms. The fourth-order valence-corrected chi connectivity index (χ4v) is 5.66. The number of rotatable bonds is 8. The van der Waals surface area contributed by atoms with Crippen LogP contribution in [0.15, 0.2) is 24.3 Å². The highest BCUT2D eigenvalue weighted by atomic mass is 35.5. The number of allylic oxidation sites excluding steroid dienone is 2. The number of Topliss-reactive ketones (excluding diaryl/α,β-unsaturated/α-hetero) is 2. The molecule has 6 unspecified atom stereocenters. The second kappa shape index (κ2) is 10.9. The molecule has 0 N–H and O–H groups in total. The Labute approximate surface area is 220 Å². The molecule has 0 saturated carbocycles. The van der Waals surface area contributed by atoms with E-state index in [1.807, 2.05) is 0 Å². The van der Waals surface area contributed by atoms with Crippen molar-refractivity contribution in [3.63, 3.8) is 0 Å². The normalized spacial score (nSPS) is 37.2. The zero-order valence-corrected chi connectivity index (χ0v) is 22.7. The van der Waals surface area contributed by atoms with E-state index >= 15 is 0 Å². The van der Waals surface area contributed by atoms with Gasteiger partial charge in [-0.2, -0.15) is 0 Å². The molecule has 10 heteroatoms. The van der Waals surface area contributed by atoms with Crippen LogP contribution in [0.2, 0.25) is 0 Å². The van der Waals surface area contributed by atoms with Crippen LogP contribution in [0.4, 0.5) is 0 Å². The van der Waals surface area contributed by atoms with E-state index in [-0.39, 0.29) is 12.8 Å². The van der Waals surface area contributed by atoms with Crippen molar-refractivity contribution in [2.45, 2.75) is 86.7 Å². The minimum Gasteiger partial charge on any atom is -0.298 e. The van der Waals surface area contributed by atoms with Gasteiger partial charge in [0.2, 0.25) is 0 Å². The second-order valence-electron chi connectivity index (χ2n) is 9.32. The molecule has 0 saturated heterocycles. The summed E-state index contributed by atoms with van der Waals surface area (Å²) in [5.41, 5.74) is -3.92. The maximum Gasteiger partial charge on any atom is 0.374 e. The molecule has 190 valence electrons. The number of alkyl halides is 4. The first-order valence-electron chi connectivity index (χ1n) is 11.2. The van der Waals surface area contributed by atoms with Crippen LogP contribution in [0.5, 0.6) is 0 Å². The van der Waals surface area contributed by atoms with Gasteiger partial charge in [-0.1, -0.05) is 38.2 Å². The first kappa shape index (κ1) is 29.2. The molecule has 0 aliphatic heterocycles. The van der Waals surface area contributed by atoms with Crippen molar-refractivity contribution in [3.8, 4) is 0 Å². The zero-order chi connectivity index (χ0) is 25.9. The molecule has 0 aromatic heterocycles. The van der Waals surface area contributed by atoms with Crippen LogP contribution < -0.4 is 0 Å². The van der Waals surface area contributed by atoms with Gasteiger partial charge in [0.15, 0.2) is 22.4 Å². The Hall–Kier alpha value is -1.08. The van der Waals surface area contributed by atoms with E-state index in [0.717, 1.165) is 0 Å². The maximum absolute atomic E-state index is 13.3.